The molecule has 0 spiro atoms. The van der Waals surface area contributed by atoms with Gasteiger partial charge in [0, 0.05) is 13.7 Å². The minimum atomic E-state index is 0.623. The number of hydrogen-bond acceptors (Lipinski definition) is 2. The first-order valence-electron chi connectivity index (χ1n) is 4.54. The molecule has 0 amide bonds. The fourth-order valence-corrected chi connectivity index (χ4v) is 1.21. The van der Waals surface area contributed by atoms with E-state index in [1.54, 1.807) is 7.11 Å². The molecule has 1 aliphatic heterocycles. The summed E-state index contributed by atoms with van der Waals surface area (Å²) in [5, 5.41) is 0. The summed E-state index contributed by atoms with van der Waals surface area (Å²) in [7, 11) is 1.76. The van der Waals surface area contributed by atoms with Gasteiger partial charge in [0.25, 0.3) is 0 Å². The van der Waals surface area contributed by atoms with Gasteiger partial charge in [0.1, 0.15) is 0 Å². The lowest BCUT2D eigenvalue weighted by Gasteiger charge is -1.98. The van der Waals surface area contributed by atoms with Crippen LogP contribution in [0.4, 0.5) is 0 Å². The molecule has 1 atom stereocenters. The van der Waals surface area contributed by atoms with Crippen LogP contribution in [0.25, 0.3) is 0 Å². The predicted octanol–water partition coefficient (Wildman–Crippen LogP) is 1.98. The first-order valence-corrected chi connectivity index (χ1v) is 4.54. The Morgan fingerprint density at radius 2 is 2.00 bits per heavy atom. The van der Waals surface area contributed by atoms with Gasteiger partial charge in [-0.25, -0.2) is 0 Å². The number of hydrogen-bond donors (Lipinski definition) is 0. The van der Waals surface area contributed by atoms with Gasteiger partial charge >= 0.3 is 0 Å². The zero-order chi connectivity index (χ0) is 7.94. The van der Waals surface area contributed by atoms with E-state index >= 15 is 0 Å². The van der Waals surface area contributed by atoms with E-state index in [2.05, 4.69) is 0 Å². The Morgan fingerprint density at radius 1 is 1.27 bits per heavy atom. The van der Waals surface area contributed by atoms with Crippen molar-refractivity contribution in [2.45, 2.75) is 38.2 Å². The molecule has 0 radical (unpaired) electrons. The topological polar surface area (TPSA) is 21.8 Å². The predicted molar refractivity (Wildman–Crippen MR) is 44.7 cm³/mol. The normalized spacial score (nSPS) is 22.1. The SMILES string of the molecule is COCCCCCCC1CO1. The summed E-state index contributed by atoms with van der Waals surface area (Å²) >= 11 is 0. The molecule has 0 aromatic heterocycles. The average Bonchev–Trinajstić information content (AvgIpc) is 2.80. The second-order valence-electron chi connectivity index (χ2n) is 3.15. The van der Waals surface area contributed by atoms with Crippen LogP contribution in [-0.4, -0.2) is 26.4 Å². The molecule has 66 valence electrons. The number of epoxide rings is 1. The highest BCUT2D eigenvalue weighted by molar-refractivity contribution is 4.67. The molecule has 11 heavy (non-hydrogen) atoms. The fourth-order valence-electron chi connectivity index (χ4n) is 1.21. The van der Waals surface area contributed by atoms with E-state index in [4.69, 9.17) is 9.47 Å². The van der Waals surface area contributed by atoms with Crippen LogP contribution in [0.3, 0.4) is 0 Å². The highest BCUT2D eigenvalue weighted by Crippen LogP contribution is 2.17. The Kier molecular flexibility index (Phi) is 4.55. The van der Waals surface area contributed by atoms with E-state index in [0.717, 1.165) is 13.2 Å². The number of ether oxygens (including phenoxy) is 2. The van der Waals surface area contributed by atoms with Crippen molar-refractivity contribution in [1.82, 2.24) is 0 Å². The molecule has 0 aliphatic carbocycles. The van der Waals surface area contributed by atoms with Crippen LogP contribution in [0.5, 0.6) is 0 Å². The lowest BCUT2D eigenvalue weighted by Crippen LogP contribution is -1.89. The molecule has 2 heteroatoms. The van der Waals surface area contributed by atoms with Crippen LogP contribution < -0.4 is 0 Å². The molecule has 1 saturated heterocycles. The summed E-state index contributed by atoms with van der Waals surface area (Å²) < 4.78 is 10.1. The van der Waals surface area contributed by atoms with Crippen LogP contribution in [0.1, 0.15) is 32.1 Å². The van der Waals surface area contributed by atoms with Crippen molar-refractivity contribution in [3.8, 4) is 0 Å². The molecular weight excluding hydrogens is 140 g/mol. The first kappa shape index (κ1) is 9.01. The van der Waals surface area contributed by atoms with Gasteiger partial charge in [-0.3, -0.25) is 0 Å². The van der Waals surface area contributed by atoms with Crippen LogP contribution in [0, 0.1) is 0 Å². The third-order valence-corrected chi connectivity index (χ3v) is 2.03. The second-order valence-corrected chi connectivity index (χ2v) is 3.15. The van der Waals surface area contributed by atoms with Gasteiger partial charge in [-0.1, -0.05) is 19.3 Å². The quantitative estimate of drug-likeness (QED) is 0.417. The summed E-state index contributed by atoms with van der Waals surface area (Å²) in [6, 6.07) is 0. The van der Waals surface area contributed by atoms with E-state index in [-0.39, 0.29) is 0 Å². The summed E-state index contributed by atoms with van der Waals surface area (Å²) in [6.45, 7) is 1.93. The standard InChI is InChI=1S/C9H18O2/c1-10-7-5-3-2-4-6-9-8-11-9/h9H,2-8H2,1H3. The summed E-state index contributed by atoms with van der Waals surface area (Å²) in [4.78, 5) is 0. The molecule has 1 aliphatic rings. The third-order valence-electron chi connectivity index (χ3n) is 2.03. The first-order chi connectivity index (χ1) is 5.43. The monoisotopic (exact) mass is 158 g/mol. The fraction of sp³-hybridized carbons (Fsp3) is 1.00. The van der Waals surface area contributed by atoms with Crippen LogP contribution >= 0.6 is 0 Å². The van der Waals surface area contributed by atoms with E-state index < -0.39 is 0 Å². The zero-order valence-electron chi connectivity index (χ0n) is 7.34. The van der Waals surface area contributed by atoms with Gasteiger partial charge in [-0.15, -0.1) is 0 Å². The van der Waals surface area contributed by atoms with Gasteiger partial charge in [0.2, 0.25) is 0 Å². The lowest BCUT2D eigenvalue weighted by atomic mass is 10.1. The Labute approximate surface area is 68.9 Å². The molecule has 0 bridgehead atoms. The molecule has 1 rings (SSSR count). The molecule has 1 fully saturated rings. The van der Waals surface area contributed by atoms with Gasteiger partial charge in [-0.2, -0.15) is 0 Å². The van der Waals surface area contributed by atoms with Crippen LogP contribution in [0.15, 0.2) is 0 Å². The van der Waals surface area contributed by atoms with E-state index in [1.165, 1.54) is 32.1 Å². The zero-order valence-corrected chi connectivity index (χ0v) is 7.34. The van der Waals surface area contributed by atoms with Crippen molar-refractivity contribution in [2.24, 2.45) is 0 Å². The molecule has 0 aromatic carbocycles. The number of methoxy groups -OCH3 is 1. The van der Waals surface area contributed by atoms with Gasteiger partial charge in [0.15, 0.2) is 0 Å². The Bertz CT molecular complexity index is 89.6. The summed E-state index contributed by atoms with van der Waals surface area (Å²) in [6.07, 6.45) is 7.07. The smallest absolute Gasteiger partial charge is 0.0810 e. The van der Waals surface area contributed by atoms with Gasteiger partial charge < -0.3 is 9.47 Å². The van der Waals surface area contributed by atoms with E-state index in [0.29, 0.717) is 6.10 Å². The highest BCUT2D eigenvalue weighted by atomic mass is 16.6. The lowest BCUT2D eigenvalue weighted by molar-refractivity contribution is 0.192. The highest BCUT2D eigenvalue weighted by Gasteiger charge is 2.20. The van der Waals surface area contributed by atoms with Crippen molar-refractivity contribution >= 4 is 0 Å². The average molecular weight is 158 g/mol. The summed E-state index contributed by atoms with van der Waals surface area (Å²) in [5.41, 5.74) is 0. The maximum atomic E-state index is 5.11. The minimum Gasteiger partial charge on any atom is -0.385 e. The van der Waals surface area contributed by atoms with Crippen molar-refractivity contribution < 1.29 is 9.47 Å². The third kappa shape index (κ3) is 5.22. The van der Waals surface area contributed by atoms with Crippen LogP contribution in [-0.2, 0) is 9.47 Å². The maximum Gasteiger partial charge on any atom is 0.0810 e. The maximum absolute atomic E-state index is 5.11. The Hall–Kier alpha value is -0.0800. The second kappa shape index (κ2) is 5.56. The van der Waals surface area contributed by atoms with E-state index in [9.17, 15) is 0 Å². The van der Waals surface area contributed by atoms with E-state index in [1.807, 2.05) is 0 Å². The molecule has 1 unspecified atom stereocenters. The Balaban J connectivity index is 1.66. The molecule has 0 aromatic rings. The Morgan fingerprint density at radius 3 is 2.64 bits per heavy atom. The van der Waals surface area contributed by atoms with Crippen molar-refractivity contribution in [2.75, 3.05) is 20.3 Å². The minimum absolute atomic E-state index is 0.623. The summed E-state index contributed by atoms with van der Waals surface area (Å²) in [5.74, 6) is 0. The number of unbranched alkanes of at least 4 members (excludes halogenated alkanes) is 3. The molecular formula is C9H18O2. The largest absolute Gasteiger partial charge is 0.385 e. The molecule has 1 heterocycles. The molecule has 0 N–H and O–H groups in total. The van der Waals surface area contributed by atoms with Crippen molar-refractivity contribution in [1.29, 1.82) is 0 Å². The van der Waals surface area contributed by atoms with Crippen molar-refractivity contribution in [3.05, 3.63) is 0 Å². The van der Waals surface area contributed by atoms with Crippen LogP contribution in [0.2, 0.25) is 0 Å². The molecule has 0 saturated carbocycles. The molecule has 2 nitrogen and oxygen atoms in total. The van der Waals surface area contributed by atoms with Gasteiger partial charge in [0.05, 0.1) is 12.7 Å². The van der Waals surface area contributed by atoms with Crippen molar-refractivity contribution in [3.63, 3.8) is 0 Å². The number of rotatable bonds is 7. The van der Waals surface area contributed by atoms with Gasteiger partial charge in [-0.05, 0) is 12.8 Å².